The molecule has 0 heterocycles. The van der Waals surface area contributed by atoms with Crippen LogP contribution in [0.2, 0.25) is 0 Å². The zero-order valence-electron chi connectivity index (χ0n) is 11.5. The van der Waals surface area contributed by atoms with Crippen molar-refractivity contribution >= 4 is 5.97 Å². The highest BCUT2D eigenvalue weighted by Gasteiger charge is 2.40. The molecule has 0 aromatic carbocycles. The SMILES string of the molecule is CCCCN(CC(CC)(CC)C(=O)O)C1CC1. The third-order valence-corrected chi connectivity index (χ3v) is 4.18. The van der Waals surface area contributed by atoms with Crippen LogP contribution in [0, 0.1) is 5.41 Å². The minimum Gasteiger partial charge on any atom is -0.481 e. The van der Waals surface area contributed by atoms with Gasteiger partial charge >= 0.3 is 5.97 Å². The fourth-order valence-corrected chi connectivity index (χ4v) is 2.42. The van der Waals surface area contributed by atoms with Gasteiger partial charge in [-0.25, -0.2) is 0 Å². The Morgan fingerprint density at radius 2 is 1.88 bits per heavy atom. The van der Waals surface area contributed by atoms with E-state index < -0.39 is 11.4 Å². The first kappa shape index (κ1) is 14.5. The third kappa shape index (κ3) is 3.70. The van der Waals surface area contributed by atoms with E-state index in [1.165, 1.54) is 25.7 Å². The highest BCUT2D eigenvalue weighted by atomic mass is 16.4. The van der Waals surface area contributed by atoms with Crippen LogP contribution in [0.1, 0.15) is 59.3 Å². The second-order valence-electron chi connectivity index (χ2n) is 5.35. The molecule has 3 nitrogen and oxygen atoms in total. The smallest absolute Gasteiger partial charge is 0.310 e. The molecule has 1 aliphatic rings. The van der Waals surface area contributed by atoms with Crippen molar-refractivity contribution in [1.29, 1.82) is 0 Å². The first-order chi connectivity index (χ1) is 8.09. The van der Waals surface area contributed by atoms with E-state index in [1.54, 1.807) is 0 Å². The first-order valence-corrected chi connectivity index (χ1v) is 7.07. The molecule has 1 fully saturated rings. The topological polar surface area (TPSA) is 40.5 Å². The minimum atomic E-state index is -0.621. The van der Waals surface area contributed by atoms with Crippen molar-refractivity contribution in [3.8, 4) is 0 Å². The molecule has 0 aromatic heterocycles. The molecule has 1 saturated carbocycles. The largest absolute Gasteiger partial charge is 0.481 e. The highest BCUT2D eigenvalue weighted by molar-refractivity contribution is 5.74. The van der Waals surface area contributed by atoms with Crippen LogP contribution >= 0.6 is 0 Å². The maximum absolute atomic E-state index is 11.5. The summed E-state index contributed by atoms with van der Waals surface area (Å²) in [5.74, 6) is -0.621. The van der Waals surface area contributed by atoms with Crippen LogP contribution in [0.5, 0.6) is 0 Å². The van der Waals surface area contributed by atoms with Crippen LogP contribution < -0.4 is 0 Å². The van der Waals surface area contributed by atoms with Gasteiger partial charge in [0.2, 0.25) is 0 Å². The van der Waals surface area contributed by atoms with E-state index >= 15 is 0 Å². The molecule has 1 rings (SSSR count). The summed E-state index contributed by atoms with van der Waals surface area (Å²) >= 11 is 0. The molecule has 0 bridgehead atoms. The number of hydrogen-bond donors (Lipinski definition) is 1. The molecule has 17 heavy (non-hydrogen) atoms. The first-order valence-electron chi connectivity index (χ1n) is 7.07. The predicted octanol–water partition coefficient (Wildman–Crippen LogP) is 3.14. The van der Waals surface area contributed by atoms with Crippen molar-refractivity contribution in [1.82, 2.24) is 4.90 Å². The van der Waals surface area contributed by atoms with Gasteiger partial charge in [0.1, 0.15) is 0 Å². The summed E-state index contributed by atoms with van der Waals surface area (Å²) in [5.41, 5.74) is -0.531. The van der Waals surface area contributed by atoms with Crippen molar-refractivity contribution in [2.45, 2.75) is 65.3 Å². The van der Waals surface area contributed by atoms with Crippen LogP contribution in [0.15, 0.2) is 0 Å². The third-order valence-electron chi connectivity index (χ3n) is 4.18. The minimum absolute atomic E-state index is 0.531. The van der Waals surface area contributed by atoms with Gasteiger partial charge in [0.05, 0.1) is 5.41 Å². The van der Waals surface area contributed by atoms with E-state index in [-0.39, 0.29) is 0 Å². The fourth-order valence-electron chi connectivity index (χ4n) is 2.42. The number of carbonyl (C=O) groups is 1. The Hall–Kier alpha value is -0.570. The molecule has 3 heteroatoms. The van der Waals surface area contributed by atoms with Crippen LogP contribution in [0.3, 0.4) is 0 Å². The van der Waals surface area contributed by atoms with E-state index in [0.717, 1.165) is 25.9 Å². The Balaban J connectivity index is 2.64. The number of rotatable bonds is 9. The molecule has 0 aliphatic heterocycles. The van der Waals surface area contributed by atoms with Crippen LogP contribution in [0.25, 0.3) is 0 Å². The fraction of sp³-hybridized carbons (Fsp3) is 0.929. The van der Waals surface area contributed by atoms with E-state index in [9.17, 15) is 9.90 Å². The Morgan fingerprint density at radius 3 is 2.24 bits per heavy atom. The normalized spacial score (nSPS) is 16.5. The quantitative estimate of drug-likeness (QED) is 0.674. The molecule has 0 radical (unpaired) electrons. The van der Waals surface area contributed by atoms with Gasteiger partial charge < -0.3 is 5.11 Å². The van der Waals surface area contributed by atoms with Gasteiger partial charge in [-0.1, -0.05) is 27.2 Å². The van der Waals surface area contributed by atoms with Crippen molar-refractivity contribution in [2.75, 3.05) is 13.1 Å². The summed E-state index contributed by atoms with van der Waals surface area (Å²) in [6.45, 7) is 8.00. The maximum Gasteiger partial charge on any atom is 0.310 e. The highest BCUT2D eigenvalue weighted by Crippen LogP contribution is 2.34. The van der Waals surface area contributed by atoms with Gasteiger partial charge in [-0.3, -0.25) is 9.69 Å². The van der Waals surface area contributed by atoms with Gasteiger partial charge in [-0.15, -0.1) is 0 Å². The van der Waals surface area contributed by atoms with E-state index in [0.29, 0.717) is 6.04 Å². The molecule has 0 atom stereocenters. The van der Waals surface area contributed by atoms with Crippen LogP contribution in [-0.2, 0) is 4.79 Å². The van der Waals surface area contributed by atoms with E-state index in [1.807, 2.05) is 13.8 Å². The molecule has 0 amide bonds. The molecule has 0 saturated heterocycles. The van der Waals surface area contributed by atoms with Gasteiger partial charge in [0.25, 0.3) is 0 Å². The lowest BCUT2D eigenvalue weighted by Crippen LogP contribution is -2.43. The summed E-state index contributed by atoms with van der Waals surface area (Å²) in [4.78, 5) is 13.9. The van der Waals surface area contributed by atoms with Crippen molar-refractivity contribution < 1.29 is 9.90 Å². The lowest BCUT2D eigenvalue weighted by Gasteiger charge is -2.34. The number of hydrogen-bond acceptors (Lipinski definition) is 2. The molecule has 1 aliphatic carbocycles. The molecule has 1 N–H and O–H groups in total. The van der Waals surface area contributed by atoms with Gasteiger partial charge in [-0.2, -0.15) is 0 Å². The van der Waals surface area contributed by atoms with Crippen molar-refractivity contribution in [3.05, 3.63) is 0 Å². The maximum atomic E-state index is 11.5. The number of aliphatic carboxylic acids is 1. The van der Waals surface area contributed by atoms with Gasteiger partial charge in [0.15, 0.2) is 0 Å². The van der Waals surface area contributed by atoms with Gasteiger partial charge in [0, 0.05) is 12.6 Å². The molecular formula is C14H27NO2. The average molecular weight is 241 g/mol. The molecular weight excluding hydrogens is 214 g/mol. The lowest BCUT2D eigenvalue weighted by molar-refractivity contribution is -0.151. The van der Waals surface area contributed by atoms with Crippen LogP contribution in [0.4, 0.5) is 0 Å². The zero-order valence-corrected chi connectivity index (χ0v) is 11.5. The number of carboxylic acids is 1. The summed E-state index contributed by atoms with van der Waals surface area (Å²) < 4.78 is 0. The second-order valence-corrected chi connectivity index (χ2v) is 5.35. The van der Waals surface area contributed by atoms with E-state index in [2.05, 4.69) is 11.8 Å². The second kappa shape index (κ2) is 6.39. The summed E-state index contributed by atoms with van der Waals surface area (Å²) in [5, 5.41) is 9.47. The Morgan fingerprint density at radius 1 is 1.29 bits per heavy atom. The lowest BCUT2D eigenvalue weighted by atomic mass is 9.81. The van der Waals surface area contributed by atoms with Crippen molar-refractivity contribution in [3.63, 3.8) is 0 Å². The van der Waals surface area contributed by atoms with Crippen molar-refractivity contribution in [2.24, 2.45) is 5.41 Å². The average Bonchev–Trinajstić information content (AvgIpc) is 3.14. The zero-order chi connectivity index (χ0) is 12.9. The standard InChI is InChI=1S/C14H27NO2/c1-4-7-10-15(12-8-9-12)11-14(5-2,6-3)13(16)17/h12H,4-11H2,1-3H3,(H,16,17). The summed E-state index contributed by atoms with van der Waals surface area (Å²) in [6, 6.07) is 0.665. The number of carboxylic acid groups (broad SMARTS) is 1. The molecule has 0 spiro atoms. The number of unbranched alkanes of at least 4 members (excludes halogenated alkanes) is 1. The summed E-state index contributed by atoms with van der Waals surface area (Å²) in [6.07, 6.45) is 6.34. The molecule has 0 unspecified atom stereocenters. The monoisotopic (exact) mass is 241 g/mol. The number of nitrogens with zero attached hydrogens (tertiary/aromatic N) is 1. The molecule has 100 valence electrons. The predicted molar refractivity (Wildman–Crippen MR) is 70.2 cm³/mol. The van der Waals surface area contributed by atoms with Crippen LogP contribution in [-0.4, -0.2) is 35.1 Å². The summed E-state index contributed by atoms with van der Waals surface area (Å²) in [7, 11) is 0. The Kier molecular flexibility index (Phi) is 5.44. The van der Waals surface area contributed by atoms with Gasteiger partial charge in [-0.05, 0) is 38.6 Å². The van der Waals surface area contributed by atoms with E-state index in [4.69, 9.17) is 0 Å². The Bertz CT molecular complexity index is 245. The Labute approximate surface area is 105 Å². The molecule has 0 aromatic rings.